The monoisotopic (exact) mass is 500 g/mol. The first kappa shape index (κ1) is 24.6. The van der Waals surface area contributed by atoms with E-state index in [4.69, 9.17) is 9.47 Å². The third kappa shape index (κ3) is 5.09. The van der Waals surface area contributed by atoms with E-state index >= 15 is 0 Å². The van der Waals surface area contributed by atoms with Gasteiger partial charge in [-0.3, -0.25) is 9.59 Å². The number of fused-ring (bicyclic) bond motifs is 2. The fraction of sp³-hybridized carbons (Fsp3) is 0.345. The number of methoxy groups -OCH3 is 2. The number of carbonyl (C=O) groups excluding carboxylic acids is 2. The van der Waals surface area contributed by atoms with E-state index in [9.17, 15) is 9.59 Å². The van der Waals surface area contributed by atoms with Gasteiger partial charge in [-0.2, -0.15) is 0 Å². The molecular formula is C29H32N4O4. The van der Waals surface area contributed by atoms with Crippen LogP contribution in [0.3, 0.4) is 0 Å². The minimum atomic E-state index is -0.207. The first-order chi connectivity index (χ1) is 18.0. The van der Waals surface area contributed by atoms with Crippen LogP contribution in [0.5, 0.6) is 11.5 Å². The summed E-state index contributed by atoms with van der Waals surface area (Å²) in [5.41, 5.74) is 2.70. The molecular weight excluding hydrogens is 468 g/mol. The molecule has 192 valence electrons. The molecule has 5 rings (SSSR count). The number of amides is 2. The van der Waals surface area contributed by atoms with Crippen molar-refractivity contribution in [2.75, 3.05) is 24.4 Å². The van der Waals surface area contributed by atoms with Crippen molar-refractivity contribution < 1.29 is 19.1 Å². The zero-order valence-corrected chi connectivity index (χ0v) is 21.4. The van der Waals surface area contributed by atoms with Gasteiger partial charge in [-0.25, -0.2) is 4.98 Å². The highest BCUT2D eigenvalue weighted by Gasteiger charge is 2.42. The summed E-state index contributed by atoms with van der Waals surface area (Å²) in [6.45, 7) is 1.91. The predicted octanol–water partition coefficient (Wildman–Crippen LogP) is 4.59. The lowest BCUT2D eigenvalue weighted by Gasteiger charge is -2.40. The number of rotatable bonds is 7. The standard InChI is InChI=1S/C29H32N4O4/c1-18-25(5-4-6-26(18)37-3)29(35)32-21-15-22-10-11-23(16-21)33(22)27-14-7-19(17-30-27)28(34)31-20-8-12-24(36-2)13-9-20/h4-9,12-14,17,21-23H,10-11,15-16H2,1-3H3,(H,31,34)(H,32,35)/t21?,22-,23+. The number of aromatic nitrogens is 1. The number of hydrogen-bond acceptors (Lipinski definition) is 6. The van der Waals surface area contributed by atoms with Crippen molar-refractivity contribution in [1.82, 2.24) is 10.3 Å². The smallest absolute Gasteiger partial charge is 0.257 e. The maximum Gasteiger partial charge on any atom is 0.257 e. The third-order valence-electron chi connectivity index (χ3n) is 7.44. The Labute approximate surface area is 217 Å². The van der Waals surface area contributed by atoms with Gasteiger partial charge in [0.1, 0.15) is 17.3 Å². The van der Waals surface area contributed by atoms with Crippen molar-refractivity contribution in [2.45, 2.75) is 50.7 Å². The van der Waals surface area contributed by atoms with E-state index in [0.29, 0.717) is 28.9 Å². The lowest BCUT2D eigenvalue weighted by Crippen LogP contribution is -2.50. The molecule has 2 fully saturated rings. The molecule has 1 unspecified atom stereocenters. The van der Waals surface area contributed by atoms with Crippen molar-refractivity contribution >= 4 is 23.3 Å². The molecule has 8 nitrogen and oxygen atoms in total. The first-order valence-electron chi connectivity index (χ1n) is 12.6. The zero-order valence-electron chi connectivity index (χ0n) is 21.4. The van der Waals surface area contributed by atoms with Gasteiger partial charge in [0.05, 0.1) is 19.8 Å². The van der Waals surface area contributed by atoms with Crippen LogP contribution in [0.4, 0.5) is 11.5 Å². The van der Waals surface area contributed by atoms with Gasteiger partial charge in [-0.1, -0.05) is 6.07 Å². The Hall–Kier alpha value is -4.07. The number of piperidine rings is 1. The maximum absolute atomic E-state index is 13.0. The third-order valence-corrected chi connectivity index (χ3v) is 7.44. The number of carbonyl (C=O) groups is 2. The number of benzene rings is 2. The summed E-state index contributed by atoms with van der Waals surface area (Å²) in [6, 6.07) is 17.2. The highest BCUT2D eigenvalue weighted by molar-refractivity contribution is 6.04. The zero-order chi connectivity index (χ0) is 25.9. The van der Waals surface area contributed by atoms with Gasteiger partial charge in [-0.05, 0) is 81.1 Å². The van der Waals surface area contributed by atoms with Crippen molar-refractivity contribution in [3.8, 4) is 11.5 Å². The Balaban J connectivity index is 1.21. The molecule has 0 spiro atoms. The van der Waals surface area contributed by atoms with Gasteiger partial charge in [0.15, 0.2) is 0 Å². The topological polar surface area (TPSA) is 92.8 Å². The van der Waals surface area contributed by atoms with Crippen LogP contribution in [0.2, 0.25) is 0 Å². The molecule has 1 aromatic heterocycles. The predicted molar refractivity (Wildman–Crippen MR) is 143 cm³/mol. The normalized spacial score (nSPS) is 20.3. The maximum atomic E-state index is 13.0. The van der Waals surface area contributed by atoms with Crippen LogP contribution in [0, 0.1) is 6.92 Å². The van der Waals surface area contributed by atoms with Crippen LogP contribution in [0.15, 0.2) is 60.8 Å². The Morgan fingerprint density at radius 1 is 0.919 bits per heavy atom. The Kier molecular flexibility index (Phi) is 6.99. The minimum Gasteiger partial charge on any atom is -0.497 e. The molecule has 3 aromatic rings. The summed E-state index contributed by atoms with van der Waals surface area (Å²) in [7, 11) is 3.22. The molecule has 2 aliphatic heterocycles. The Morgan fingerprint density at radius 2 is 1.65 bits per heavy atom. The van der Waals surface area contributed by atoms with E-state index in [2.05, 4.69) is 20.5 Å². The van der Waals surface area contributed by atoms with Crippen molar-refractivity contribution in [1.29, 1.82) is 0 Å². The first-order valence-corrected chi connectivity index (χ1v) is 12.6. The number of nitrogens with zero attached hydrogens (tertiary/aromatic N) is 2. The molecule has 3 atom stereocenters. The Bertz CT molecular complexity index is 1260. The Morgan fingerprint density at radius 3 is 2.27 bits per heavy atom. The van der Waals surface area contributed by atoms with Gasteiger partial charge < -0.3 is 25.0 Å². The van der Waals surface area contributed by atoms with Crippen LogP contribution < -0.4 is 25.0 Å². The summed E-state index contributed by atoms with van der Waals surface area (Å²) in [6.07, 6.45) is 5.50. The van der Waals surface area contributed by atoms with Crippen LogP contribution in [-0.4, -0.2) is 49.1 Å². The van der Waals surface area contributed by atoms with Gasteiger partial charge in [0.2, 0.25) is 0 Å². The van der Waals surface area contributed by atoms with Crippen molar-refractivity contribution in [3.63, 3.8) is 0 Å². The average Bonchev–Trinajstić information content (AvgIpc) is 3.19. The van der Waals surface area contributed by atoms with Gasteiger partial charge in [-0.15, -0.1) is 0 Å². The van der Waals surface area contributed by atoms with Gasteiger partial charge >= 0.3 is 0 Å². The second-order valence-corrected chi connectivity index (χ2v) is 9.65. The molecule has 37 heavy (non-hydrogen) atoms. The summed E-state index contributed by atoms with van der Waals surface area (Å²) >= 11 is 0. The quantitative estimate of drug-likeness (QED) is 0.493. The van der Waals surface area contributed by atoms with Crippen molar-refractivity contribution in [2.24, 2.45) is 0 Å². The van der Waals surface area contributed by atoms with Crippen LogP contribution in [0.25, 0.3) is 0 Å². The molecule has 2 aromatic carbocycles. The highest BCUT2D eigenvalue weighted by Crippen LogP contribution is 2.38. The lowest BCUT2D eigenvalue weighted by molar-refractivity contribution is 0.0925. The number of pyridine rings is 1. The van der Waals surface area contributed by atoms with E-state index < -0.39 is 0 Å². The fourth-order valence-electron chi connectivity index (χ4n) is 5.56. The fourth-order valence-corrected chi connectivity index (χ4v) is 5.56. The number of hydrogen-bond donors (Lipinski definition) is 2. The van der Waals surface area contributed by atoms with E-state index in [1.54, 1.807) is 44.7 Å². The highest BCUT2D eigenvalue weighted by atomic mass is 16.5. The second-order valence-electron chi connectivity index (χ2n) is 9.65. The van der Waals surface area contributed by atoms with Crippen LogP contribution in [0.1, 0.15) is 52.0 Å². The van der Waals surface area contributed by atoms with Gasteiger partial charge in [0.25, 0.3) is 11.8 Å². The molecule has 2 amide bonds. The molecule has 0 aliphatic carbocycles. The van der Waals surface area contributed by atoms with Crippen LogP contribution >= 0.6 is 0 Å². The number of anilines is 2. The molecule has 2 bridgehead atoms. The van der Waals surface area contributed by atoms with Crippen LogP contribution in [-0.2, 0) is 0 Å². The number of ether oxygens (including phenoxy) is 2. The molecule has 2 aliphatic rings. The van der Waals surface area contributed by atoms with E-state index in [1.807, 2.05) is 37.3 Å². The minimum absolute atomic E-state index is 0.0559. The van der Waals surface area contributed by atoms with Crippen molar-refractivity contribution in [3.05, 3.63) is 77.5 Å². The molecule has 0 radical (unpaired) electrons. The average molecular weight is 501 g/mol. The molecule has 2 saturated heterocycles. The molecule has 8 heteroatoms. The van der Waals surface area contributed by atoms with E-state index in [-0.39, 0.29) is 17.9 Å². The summed E-state index contributed by atoms with van der Waals surface area (Å²) in [5.74, 6) is 2.06. The summed E-state index contributed by atoms with van der Waals surface area (Å²) < 4.78 is 10.5. The lowest BCUT2D eigenvalue weighted by atomic mass is 9.96. The molecule has 3 heterocycles. The van der Waals surface area contributed by atoms with E-state index in [1.165, 1.54) is 0 Å². The van der Waals surface area contributed by atoms with Gasteiger partial charge in [0, 0.05) is 41.1 Å². The largest absolute Gasteiger partial charge is 0.497 e. The summed E-state index contributed by atoms with van der Waals surface area (Å²) in [4.78, 5) is 32.7. The SMILES string of the molecule is COc1ccc(NC(=O)c2ccc(N3[C@@H]4CC[C@H]3CC(NC(=O)c3cccc(OC)c3C)C4)nc2)cc1. The number of nitrogens with one attached hydrogen (secondary N) is 2. The molecule has 2 N–H and O–H groups in total. The van der Waals surface area contributed by atoms with E-state index in [0.717, 1.165) is 48.6 Å². The molecule has 0 saturated carbocycles. The summed E-state index contributed by atoms with van der Waals surface area (Å²) in [5, 5.41) is 6.14. The second kappa shape index (κ2) is 10.5.